The first kappa shape index (κ1) is 19.8. The number of carbonyl (C=O) groups excluding carboxylic acids is 2. The number of fused-ring (bicyclic) bond motifs is 2. The molecule has 30 heavy (non-hydrogen) atoms. The number of benzene rings is 2. The summed E-state index contributed by atoms with van der Waals surface area (Å²) in [6.07, 6.45) is 3.73. The van der Waals surface area contributed by atoms with Crippen molar-refractivity contribution < 1.29 is 14.0 Å². The highest BCUT2D eigenvalue weighted by Gasteiger charge is 2.15. The molecule has 0 saturated carbocycles. The fourth-order valence-electron chi connectivity index (χ4n) is 3.86. The molecule has 0 radical (unpaired) electrons. The number of aromatic amines is 1. The number of rotatable bonds is 5. The van der Waals surface area contributed by atoms with Gasteiger partial charge in [0.1, 0.15) is 5.58 Å². The normalized spacial score (nSPS) is 11.3. The Labute approximate surface area is 174 Å². The molecule has 6 heteroatoms. The Morgan fingerprint density at radius 3 is 2.43 bits per heavy atom. The van der Waals surface area contributed by atoms with Gasteiger partial charge in [0, 0.05) is 28.0 Å². The number of H-pyrrole nitrogens is 1. The lowest BCUT2D eigenvalue weighted by atomic mass is 9.95. The zero-order chi connectivity index (χ0) is 21.3. The van der Waals surface area contributed by atoms with Crippen LogP contribution < -0.4 is 10.9 Å². The van der Waals surface area contributed by atoms with Crippen molar-refractivity contribution in [3.05, 3.63) is 71.1 Å². The molecular formula is C24H25N3O3. The standard InChI is InChI=1S/C24H25N3O3/c1-14(2)19-11-20-17(13-30-22(20)8-15(19)3)10-24(29)27-26-23(28)9-16-12-25-21-7-5-4-6-18(16)21/h4-8,11-14,25H,9-10H2,1-3H3,(H,26,28)(H,27,29). The average molecular weight is 403 g/mol. The van der Waals surface area contributed by atoms with Gasteiger partial charge in [-0.05, 0) is 47.7 Å². The van der Waals surface area contributed by atoms with Crippen LogP contribution >= 0.6 is 0 Å². The lowest BCUT2D eigenvalue weighted by Crippen LogP contribution is -2.43. The molecule has 2 heterocycles. The van der Waals surface area contributed by atoms with Crippen LogP contribution in [-0.2, 0) is 22.4 Å². The number of hydrazine groups is 1. The van der Waals surface area contributed by atoms with Crippen LogP contribution in [0.1, 0.15) is 42.0 Å². The van der Waals surface area contributed by atoms with Crippen LogP contribution in [0.25, 0.3) is 21.9 Å². The van der Waals surface area contributed by atoms with Gasteiger partial charge in [0.05, 0.1) is 19.1 Å². The lowest BCUT2D eigenvalue weighted by Gasteiger charge is -2.10. The summed E-state index contributed by atoms with van der Waals surface area (Å²) in [5.74, 6) is -0.186. The zero-order valence-electron chi connectivity index (χ0n) is 17.3. The summed E-state index contributed by atoms with van der Waals surface area (Å²) in [6.45, 7) is 6.35. The van der Waals surface area contributed by atoms with Crippen LogP contribution in [0.2, 0.25) is 0 Å². The molecule has 0 fully saturated rings. The van der Waals surface area contributed by atoms with Gasteiger partial charge < -0.3 is 9.40 Å². The maximum atomic E-state index is 12.4. The van der Waals surface area contributed by atoms with Crippen molar-refractivity contribution in [1.82, 2.24) is 15.8 Å². The fourth-order valence-corrected chi connectivity index (χ4v) is 3.86. The van der Waals surface area contributed by atoms with E-state index >= 15 is 0 Å². The molecule has 4 aromatic rings. The van der Waals surface area contributed by atoms with Crippen molar-refractivity contribution in [2.45, 2.75) is 39.5 Å². The van der Waals surface area contributed by atoms with Gasteiger partial charge >= 0.3 is 0 Å². The van der Waals surface area contributed by atoms with Crippen molar-refractivity contribution in [1.29, 1.82) is 0 Å². The highest BCUT2D eigenvalue weighted by Crippen LogP contribution is 2.29. The van der Waals surface area contributed by atoms with E-state index in [-0.39, 0.29) is 24.7 Å². The molecule has 0 spiro atoms. The van der Waals surface area contributed by atoms with Crippen molar-refractivity contribution in [2.24, 2.45) is 0 Å². The van der Waals surface area contributed by atoms with Crippen LogP contribution in [0.4, 0.5) is 0 Å². The maximum absolute atomic E-state index is 12.4. The molecule has 2 amide bonds. The molecule has 3 N–H and O–H groups in total. The van der Waals surface area contributed by atoms with Crippen LogP contribution in [-0.4, -0.2) is 16.8 Å². The van der Waals surface area contributed by atoms with Gasteiger partial charge in [-0.2, -0.15) is 0 Å². The van der Waals surface area contributed by atoms with E-state index in [1.807, 2.05) is 36.5 Å². The van der Waals surface area contributed by atoms with Gasteiger partial charge in [-0.15, -0.1) is 0 Å². The monoisotopic (exact) mass is 403 g/mol. The molecule has 2 aromatic carbocycles. The van der Waals surface area contributed by atoms with Crippen molar-refractivity contribution in [2.75, 3.05) is 0 Å². The third kappa shape index (κ3) is 3.94. The topological polar surface area (TPSA) is 87.1 Å². The second kappa shape index (κ2) is 8.06. The highest BCUT2D eigenvalue weighted by atomic mass is 16.3. The average Bonchev–Trinajstić information content (AvgIpc) is 3.30. The van der Waals surface area contributed by atoms with Crippen molar-refractivity contribution >= 4 is 33.7 Å². The van der Waals surface area contributed by atoms with E-state index in [4.69, 9.17) is 4.42 Å². The molecule has 0 atom stereocenters. The molecule has 4 rings (SSSR count). The number of hydrogen-bond acceptors (Lipinski definition) is 3. The summed E-state index contributed by atoms with van der Waals surface area (Å²) >= 11 is 0. The number of carbonyl (C=O) groups is 2. The van der Waals surface area contributed by atoms with E-state index in [9.17, 15) is 9.59 Å². The van der Waals surface area contributed by atoms with Gasteiger partial charge in [0.2, 0.25) is 11.8 Å². The summed E-state index contributed by atoms with van der Waals surface area (Å²) in [5, 5.41) is 1.93. The van der Waals surface area contributed by atoms with Gasteiger partial charge in [-0.1, -0.05) is 32.0 Å². The first-order chi connectivity index (χ1) is 14.4. The maximum Gasteiger partial charge on any atom is 0.242 e. The fraction of sp³-hybridized carbons (Fsp3) is 0.250. The molecule has 0 aliphatic rings. The Balaban J connectivity index is 1.39. The highest BCUT2D eigenvalue weighted by molar-refractivity contribution is 5.91. The molecule has 154 valence electrons. The number of aromatic nitrogens is 1. The number of furan rings is 1. The van der Waals surface area contributed by atoms with E-state index in [0.717, 1.165) is 33.0 Å². The molecule has 0 aliphatic heterocycles. The van der Waals surface area contributed by atoms with E-state index in [1.165, 1.54) is 11.1 Å². The van der Waals surface area contributed by atoms with E-state index in [2.05, 4.69) is 42.7 Å². The third-order valence-corrected chi connectivity index (χ3v) is 5.38. The van der Waals surface area contributed by atoms with Crippen LogP contribution in [0.15, 0.2) is 53.3 Å². The van der Waals surface area contributed by atoms with E-state index < -0.39 is 0 Å². The summed E-state index contributed by atoms with van der Waals surface area (Å²) in [4.78, 5) is 27.8. The number of nitrogens with one attached hydrogen (secondary N) is 3. The van der Waals surface area contributed by atoms with Gasteiger partial charge in [-0.3, -0.25) is 20.4 Å². The summed E-state index contributed by atoms with van der Waals surface area (Å²) in [6, 6.07) is 11.9. The molecule has 6 nitrogen and oxygen atoms in total. The summed E-state index contributed by atoms with van der Waals surface area (Å²) in [7, 11) is 0. The Kier molecular flexibility index (Phi) is 5.31. The minimum atomic E-state index is -0.295. The zero-order valence-corrected chi connectivity index (χ0v) is 17.3. The smallest absolute Gasteiger partial charge is 0.242 e. The van der Waals surface area contributed by atoms with Gasteiger partial charge in [0.25, 0.3) is 0 Å². The van der Waals surface area contributed by atoms with Gasteiger partial charge in [0.15, 0.2) is 0 Å². The number of hydrogen-bond donors (Lipinski definition) is 3. The van der Waals surface area contributed by atoms with Gasteiger partial charge in [-0.25, -0.2) is 0 Å². The minimum absolute atomic E-state index is 0.126. The number of amides is 2. The number of para-hydroxylation sites is 1. The predicted molar refractivity (Wildman–Crippen MR) is 117 cm³/mol. The second-order valence-corrected chi connectivity index (χ2v) is 7.93. The summed E-state index contributed by atoms with van der Waals surface area (Å²) < 4.78 is 5.63. The minimum Gasteiger partial charge on any atom is -0.464 e. The Bertz CT molecular complexity index is 1230. The van der Waals surface area contributed by atoms with E-state index in [0.29, 0.717) is 5.92 Å². The molecule has 0 bridgehead atoms. The van der Waals surface area contributed by atoms with E-state index in [1.54, 1.807) is 6.26 Å². The van der Waals surface area contributed by atoms with Crippen molar-refractivity contribution in [3.8, 4) is 0 Å². The first-order valence-corrected chi connectivity index (χ1v) is 10.1. The largest absolute Gasteiger partial charge is 0.464 e. The summed E-state index contributed by atoms with van der Waals surface area (Å²) in [5.41, 5.74) is 10.8. The quantitative estimate of drug-likeness (QED) is 0.435. The Morgan fingerprint density at radius 2 is 1.70 bits per heavy atom. The molecule has 2 aromatic heterocycles. The molecule has 0 aliphatic carbocycles. The molecule has 0 saturated heterocycles. The molecular weight excluding hydrogens is 378 g/mol. The van der Waals surface area contributed by atoms with Crippen LogP contribution in [0, 0.1) is 6.92 Å². The SMILES string of the molecule is Cc1cc2occ(CC(=O)NNC(=O)Cc3c[nH]c4ccccc34)c2cc1C(C)C. The van der Waals surface area contributed by atoms with Crippen LogP contribution in [0.5, 0.6) is 0 Å². The first-order valence-electron chi connectivity index (χ1n) is 10.1. The third-order valence-electron chi connectivity index (χ3n) is 5.38. The lowest BCUT2D eigenvalue weighted by molar-refractivity contribution is -0.128. The van der Waals surface area contributed by atoms with Crippen LogP contribution in [0.3, 0.4) is 0 Å². The Morgan fingerprint density at radius 1 is 1.00 bits per heavy atom. The Hall–Kier alpha value is -3.54. The second-order valence-electron chi connectivity index (χ2n) is 7.93. The van der Waals surface area contributed by atoms with Crippen molar-refractivity contribution in [3.63, 3.8) is 0 Å². The number of aryl methyl sites for hydroxylation is 1. The predicted octanol–water partition coefficient (Wildman–Crippen LogP) is 4.28. The molecule has 0 unspecified atom stereocenters.